The standard InChI is InChI=1S/C21H18ClN5/c1-26-20-5-2-14(10-19(20)24-25-26)13-27-9-7-15-3-4-16(11-21(15)27)17-6-8-23-12-18(17)22/h2-6,8,10-12H,7,9,13H2,1H3. The van der Waals surface area contributed by atoms with E-state index in [1.807, 2.05) is 13.1 Å². The smallest absolute Gasteiger partial charge is 0.113 e. The largest absolute Gasteiger partial charge is 0.367 e. The van der Waals surface area contributed by atoms with Crippen molar-refractivity contribution in [2.45, 2.75) is 13.0 Å². The lowest BCUT2D eigenvalue weighted by molar-refractivity contribution is 0.736. The van der Waals surface area contributed by atoms with Gasteiger partial charge in [0.2, 0.25) is 0 Å². The van der Waals surface area contributed by atoms with Crippen molar-refractivity contribution in [2.75, 3.05) is 11.4 Å². The fraction of sp³-hybridized carbons (Fsp3) is 0.190. The zero-order valence-electron chi connectivity index (χ0n) is 14.9. The van der Waals surface area contributed by atoms with Gasteiger partial charge in [0.05, 0.1) is 10.5 Å². The Balaban J connectivity index is 1.48. The number of hydrogen-bond donors (Lipinski definition) is 0. The van der Waals surface area contributed by atoms with Crippen LogP contribution >= 0.6 is 11.6 Å². The van der Waals surface area contributed by atoms with Crippen molar-refractivity contribution in [3.63, 3.8) is 0 Å². The highest BCUT2D eigenvalue weighted by Gasteiger charge is 2.20. The number of aromatic nitrogens is 4. The molecule has 134 valence electrons. The molecule has 0 fully saturated rings. The lowest BCUT2D eigenvalue weighted by Crippen LogP contribution is -2.19. The summed E-state index contributed by atoms with van der Waals surface area (Å²) in [7, 11) is 1.91. The third-order valence-electron chi connectivity index (χ3n) is 5.21. The first-order valence-corrected chi connectivity index (χ1v) is 9.33. The SMILES string of the molecule is Cn1nnc2cc(CN3CCc4ccc(-c5ccncc5Cl)cc43)ccc21. The van der Waals surface area contributed by atoms with E-state index in [2.05, 4.69) is 56.6 Å². The third-order valence-corrected chi connectivity index (χ3v) is 5.51. The summed E-state index contributed by atoms with van der Waals surface area (Å²) in [4.78, 5) is 6.51. The molecule has 2 aromatic heterocycles. The minimum atomic E-state index is 0.676. The molecular formula is C21H18ClN5. The molecule has 27 heavy (non-hydrogen) atoms. The minimum Gasteiger partial charge on any atom is -0.367 e. The van der Waals surface area contributed by atoms with Crippen LogP contribution in [0.2, 0.25) is 5.02 Å². The lowest BCUT2D eigenvalue weighted by Gasteiger charge is -2.20. The Morgan fingerprint density at radius 2 is 2.04 bits per heavy atom. The highest BCUT2D eigenvalue weighted by Crippen LogP contribution is 2.35. The first-order valence-electron chi connectivity index (χ1n) is 8.95. The van der Waals surface area contributed by atoms with Gasteiger partial charge in [0, 0.05) is 43.8 Å². The van der Waals surface area contributed by atoms with E-state index < -0.39 is 0 Å². The monoisotopic (exact) mass is 375 g/mol. The molecule has 0 aliphatic carbocycles. The van der Waals surface area contributed by atoms with Crippen molar-refractivity contribution in [1.82, 2.24) is 20.0 Å². The fourth-order valence-electron chi connectivity index (χ4n) is 3.79. The van der Waals surface area contributed by atoms with Crippen molar-refractivity contribution in [3.05, 3.63) is 71.0 Å². The number of hydrogen-bond acceptors (Lipinski definition) is 4. The summed E-state index contributed by atoms with van der Waals surface area (Å²) in [5.74, 6) is 0. The van der Waals surface area contributed by atoms with E-state index in [1.54, 1.807) is 17.1 Å². The van der Waals surface area contributed by atoms with Crippen molar-refractivity contribution >= 4 is 28.3 Å². The van der Waals surface area contributed by atoms with Crippen LogP contribution in [0.3, 0.4) is 0 Å². The number of rotatable bonds is 3. The second-order valence-electron chi connectivity index (χ2n) is 6.91. The average molecular weight is 376 g/mol. The summed E-state index contributed by atoms with van der Waals surface area (Å²) in [5.41, 5.74) is 8.02. The zero-order valence-corrected chi connectivity index (χ0v) is 15.7. The second kappa shape index (κ2) is 6.35. The Morgan fingerprint density at radius 1 is 1.11 bits per heavy atom. The topological polar surface area (TPSA) is 46.8 Å². The van der Waals surface area contributed by atoms with Crippen molar-refractivity contribution in [2.24, 2.45) is 7.05 Å². The molecule has 5 nitrogen and oxygen atoms in total. The van der Waals surface area contributed by atoms with Crippen LogP contribution in [0.5, 0.6) is 0 Å². The molecule has 0 radical (unpaired) electrons. The van der Waals surface area contributed by atoms with Gasteiger partial charge in [-0.15, -0.1) is 5.10 Å². The quantitative estimate of drug-likeness (QED) is 0.537. The van der Waals surface area contributed by atoms with E-state index in [0.29, 0.717) is 5.02 Å². The highest BCUT2D eigenvalue weighted by molar-refractivity contribution is 6.33. The molecule has 2 aromatic carbocycles. The number of aryl methyl sites for hydroxylation is 1. The van der Waals surface area contributed by atoms with Crippen LogP contribution in [0.25, 0.3) is 22.2 Å². The summed E-state index contributed by atoms with van der Waals surface area (Å²) in [6.07, 6.45) is 4.54. The molecule has 0 saturated carbocycles. The highest BCUT2D eigenvalue weighted by atomic mass is 35.5. The maximum Gasteiger partial charge on any atom is 0.113 e. The van der Waals surface area contributed by atoms with Crippen LogP contribution in [0.1, 0.15) is 11.1 Å². The zero-order chi connectivity index (χ0) is 18.4. The molecule has 0 N–H and O–H groups in total. The van der Waals surface area contributed by atoms with Gasteiger partial charge in [0.15, 0.2) is 0 Å². The number of benzene rings is 2. The first kappa shape index (κ1) is 16.3. The summed E-state index contributed by atoms with van der Waals surface area (Å²) < 4.78 is 1.80. The number of nitrogens with zero attached hydrogens (tertiary/aromatic N) is 5. The molecule has 0 spiro atoms. The number of fused-ring (bicyclic) bond motifs is 2. The van der Waals surface area contributed by atoms with Gasteiger partial charge in [-0.05, 0) is 47.4 Å². The average Bonchev–Trinajstić information content (AvgIpc) is 3.25. The van der Waals surface area contributed by atoms with Gasteiger partial charge >= 0.3 is 0 Å². The third kappa shape index (κ3) is 2.84. The van der Waals surface area contributed by atoms with Gasteiger partial charge in [-0.2, -0.15) is 0 Å². The van der Waals surface area contributed by atoms with Crippen LogP contribution in [0.4, 0.5) is 5.69 Å². The summed E-state index contributed by atoms with van der Waals surface area (Å²) in [5, 5.41) is 9.00. The van der Waals surface area contributed by atoms with E-state index in [4.69, 9.17) is 11.6 Å². The number of pyridine rings is 1. The Hall–Kier alpha value is -2.92. The molecule has 0 unspecified atom stereocenters. The van der Waals surface area contributed by atoms with E-state index in [-0.39, 0.29) is 0 Å². The summed E-state index contributed by atoms with van der Waals surface area (Å²) in [6, 6.07) is 14.9. The van der Waals surface area contributed by atoms with Gasteiger partial charge in [0.1, 0.15) is 5.52 Å². The molecule has 1 aliphatic rings. The Bertz CT molecular complexity index is 1150. The van der Waals surface area contributed by atoms with Crippen LogP contribution < -0.4 is 4.90 Å². The summed E-state index contributed by atoms with van der Waals surface area (Å²) in [6.45, 7) is 1.87. The Labute approximate surface area is 162 Å². The van der Waals surface area contributed by atoms with Gasteiger partial charge in [-0.1, -0.05) is 35.0 Å². The van der Waals surface area contributed by atoms with Crippen molar-refractivity contribution in [3.8, 4) is 11.1 Å². The Kier molecular flexibility index (Phi) is 3.83. The van der Waals surface area contributed by atoms with Gasteiger partial charge in [-0.25, -0.2) is 4.68 Å². The first-order chi connectivity index (χ1) is 13.2. The van der Waals surface area contributed by atoms with Crippen molar-refractivity contribution < 1.29 is 0 Å². The molecule has 6 heteroatoms. The van der Waals surface area contributed by atoms with Crippen molar-refractivity contribution in [1.29, 1.82) is 0 Å². The normalized spacial score (nSPS) is 13.3. The van der Waals surface area contributed by atoms with Crippen LogP contribution in [-0.4, -0.2) is 26.5 Å². The van der Waals surface area contributed by atoms with Crippen LogP contribution in [-0.2, 0) is 20.0 Å². The van der Waals surface area contributed by atoms with E-state index >= 15 is 0 Å². The van der Waals surface area contributed by atoms with Gasteiger partial charge in [-0.3, -0.25) is 4.98 Å². The van der Waals surface area contributed by atoms with E-state index in [0.717, 1.165) is 41.7 Å². The molecular weight excluding hydrogens is 358 g/mol. The molecule has 3 heterocycles. The van der Waals surface area contributed by atoms with E-state index in [1.165, 1.54) is 16.8 Å². The van der Waals surface area contributed by atoms with Crippen LogP contribution in [0, 0.1) is 0 Å². The molecule has 0 amide bonds. The van der Waals surface area contributed by atoms with Gasteiger partial charge < -0.3 is 4.90 Å². The molecule has 0 saturated heterocycles. The molecule has 5 rings (SSSR count). The molecule has 1 aliphatic heterocycles. The fourth-order valence-corrected chi connectivity index (χ4v) is 4.02. The Morgan fingerprint density at radius 3 is 2.93 bits per heavy atom. The lowest BCUT2D eigenvalue weighted by atomic mass is 10.0. The summed E-state index contributed by atoms with van der Waals surface area (Å²) >= 11 is 6.34. The molecule has 0 atom stereocenters. The molecule has 0 bridgehead atoms. The number of anilines is 1. The predicted octanol–water partition coefficient (Wildman–Crippen LogP) is 4.25. The maximum absolute atomic E-state index is 6.34. The second-order valence-corrected chi connectivity index (χ2v) is 7.31. The predicted molar refractivity (Wildman–Crippen MR) is 108 cm³/mol. The van der Waals surface area contributed by atoms with Crippen LogP contribution in [0.15, 0.2) is 54.9 Å². The van der Waals surface area contributed by atoms with Gasteiger partial charge in [0.25, 0.3) is 0 Å². The van der Waals surface area contributed by atoms with E-state index in [9.17, 15) is 0 Å². The molecule has 4 aromatic rings. The maximum atomic E-state index is 6.34. The minimum absolute atomic E-state index is 0.676. The number of halogens is 1.